The molecule has 0 radical (unpaired) electrons. The Balaban J connectivity index is 1.58. The molecule has 0 bridgehead atoms. The van der Waals surface area contributed by atoms with Crippen molar-refractivity contribution in [3.8, 4) is 5.75 Å². The Labute approximate surface area is 233 Å². The fourth-order valence-corrected chi connectivity index (χ4v) is 5.54. The molecule has 2 aromatic carbocycles. The minimum Gasteiger partial charge on any atom is -0.491 e. The van der Waals surface area contributed by atoms with Crippen LogP contribution in [0.4, 0.5) is 0 Å². The number of para-hydroxylation sites is 1. The van der Waals surface area contributed by atoms with Gasteiger partial charge in [-0.25, -0.2) is 0 Å². The van der Waals surface area contributed by atoms with Crippen LogP contribution in [0.15, 0.2) is 54.6 Å². The SMILES string of the molecule is COCCN1CCCCCCN(C(=O)CCC2CCCO2)[C@@H](Cc2ccccc2)COc2ccccc2C1=O. The highest BCUT2D eigenvalue weighted by Gasteiger charge is 2.27. The first-order chi connectivity index (χ1) is 19.2. The van der Waals surface area contributed by atoms with Gasteiger partial charge in [-0.05, 0) is 56.2 Å². The summed E-state index contributed by atoms with van der Waals surface area (Å²) >= 11 is 0. The first kappa shape index (κ1) is 29.1. The Morgan fingerprint density at radius 1 is 0.974 bits per heavy atom. The van der Waals surface area contributed by atoms with Crippen molar-refractivity contribution < 1.29 is 23.8 Å². The smallest absolute Gasteiger partial charge is 0.257 e. The predicted octanol–water partition coefficient (Wildman–Crippen LogP) is 5.13. The summed E-state index contributed by atoms with van der Waals surface area (Å²) in [7, 11) is 1.66. The molecule has 7 heteroatoms. The molecule has 2 heterocycles. The van der Waals surface area contributed by atoms with Crippen LogP contribution in [-0.4, -0.2) is 80.3 Å². The van der Waals surface area contributed by atoms with E-state index in [1.807, 2.05) is 52.3 Å². The van der Waals surface area contributed by atoms with Gasteiger partial charge in [-0.2, -0.15) is 0 Å². The summed E-state index contributed by atoms with van der Waals surface area (Å²) in [5, 5.41) is 0. The van der Waals surface area contributed by atoms with Crippen LogP contribution < -0.4 is 4.74 Å². The quantitative estimate of drug-likeness (QED) is 0.468. The van der Waals surface area contributed by atoms with Crippen LogP contribution in [-0.2, 0) is 20.7 Å². The number of nitrogens with zero attached hydrogens (tertiary/aromatic N) is 2. The molecule has 0 N–H and O–H groups in total. The second-order valence-corrected chi connectivity index (χ2v) is 10.6. The van der Waals surface area contributed by atoms with Gasteiger partial charge in [-0.15, -0.1) is 0 Å². The van der Waals surface area contributed by atoms with Crippen molar-refractivity contribution in [2.24, 2.45) is 0 Å². The number of fused-ring (bicyclic) bond motifs is 1. The molecule has 2 aliphatic rings. The largest absolute Gasteiger partial charge is 0.491 e. The van der Waals surface area contributed by atoms with Crippen molar-refractivity contribution in [3.05, 3.63) is 65.7 Å². The van der Waals surface area contributed by atoms with E-state index in [2.05, 4.69) is 12.1 Å². The molecule has 7 nitrogen and oxygen atoms in total. The third-order valence-electron chi connectivity index (χ3n) is 7.76. The number of amides is 2. The zero-order valence-electron chi connectivity index (χ0n) is 23.4. The lowest BCUT2D eigenvalue weighted by Crippen LogP contribution is -2.46. The molecule has 0 aliphatic carbocycles. The van der Waals surface area contributed by atoms with Crippen molar-refractivity contribution in [2.75, 3.05) is 46.6 Å². The van der Waals surface area contributed by atoms with Crippen molar-refractivity contribution in [1.82, 2.24) is 9.80 Å². The van der Waals surface area contributed by atoms with Crippen LogP contribution in [0.3, 0.4) is 0 Å². The van der Waals surface area contributed by atoms with Gasteiger partial charge in [0, 0.05) is 39.8 Å². The third kappa shape index (κ3) is 8.80. The second-order valence-electron chi connectivity index (χ2n) is 10.6. The average molecular weight is 537 g/mol. The van der Waals surface area contributed by atoms with Crippen molar-refractivity contribution in [3.63, 3.8) is 0 Å². The fraction of sp³-hybridized carbons (Fsp3) is 0.562. The minimum atomic E-state index is -0.139. The lowest BCUT2D eigenvalue weighted by Gasteiger charge is -2.33. The van der Waals surface area contributed by atoms with E-state index in [0.717, 1.165) is 51.6 Å². The summed E-state index contributed by atoms with van der Waals surface area (Å²) < 4.78 is 17.5. The van der Waals surface area contributed by atoms with E-state index < -0.39 is 0 Å². The van der Waals surface area contributed by atoms with E-state index >= 15 is 0 Å². The number of carbonyl (C=O) groups excluding carboxylic acids is 2. The highest BCUT2D eigenvalue weighted by molar-refractivity contribution is 5.97. The fourth-order valence-electron chi connectivity index (χ4n) is 5.54. The summed E-state index contributed by atoms with van der Waals surface area (Å²) in [5.74, 6) is 0.688. The van der Waals surface area contributed by atoms with E-state index in [-0.39, 0.29) is 24.0 Å². The molecule has 0 aromatic heterocycles. The van der Waals surface area contributed by atoms with E-state index in [1.54, 1.807) is 7.11 Å². The molecule has 0 saturated carbocycles. The normalized spacial score (nSPS) is 21.2. The molecule has 39 heavy (non-hydrogen) atoms. The third-order valence-corrected chi connectivity index (χ3v) is 7.76. The molecular formula is C32H44N2O5. The highest BCUT2D eigenvalue weighted by atomic mass is 16.5. The van der Waals surface area contributed by atoms with Crippen LogP contribution >= 0.6 is 0 Å². The van der Waals surface area contributed by atoms with Gasteiger partial charge >= 0.3 is 0 Å². The van der Waals surface area contributed by atoms with E-state index in [1.165, 1.54) is 5.56 Å². The van der Waals surface area contributed by atoms with Crippen molar-refractivity contribution in [2.45, 2.75) is 69.9 Å². The topological polar surface area (TPSA) is 68.3 Å². The molecule has 2 atom stereocenters. The molecule has 1 fully saturated rings. The van der Waals surface area contributed by atoms with Gasteiger partial charge in [0.05, 0.1) is 24.3 Å². The Morgan fingerprint density at radius 2 is 1.74 bits per heavy atom. The second kappa shape index (κ2) is 15.6. The number of benzene rings is 2. The lowest BCUT2D eigenvalue weighted by molar-refractivity contribution is -0.135. The molecule has 2 aliphatic heterocycles. The molecule has 0 spiro atoms. The van der Waals surface area contributed by atoms with Crippen molar-refractivity contribution >= 4 is 11.8 Å². The molecule has 212 valence electrons. The number of methoxy groups -OCH3 is 1. The number of hydrogen-bond acceptors (Lipinski definition) is 5. The van der Waals surface area contributed by atoms with Crippen molar-refractivity contribution in [1.29, 1.82) is 0 Å². The molecule has 1 saturated heterocycles. The number of rotatable bonds is 8. The molecule has 2 aromatic rings. The zero-order chi connectivity index (χ0) is 27.3. The monoisotopic (exact) mass is 536 g/mol. The highest BCUT2D eigenvalue weighted by Crippen LogP contribution is 2.24. The maximum atomic E-state index is 13.7. The standard InChI is InChI=1S/C32H44N2O5/c1-37-23-21-33-19-9-2-3-10-20-34(31(35)18-17-28-14-11-22-38-28)27(24-26-12-5-4-6-13-26)25-39-30-16-8-7-15-29(30)32(33)36/h4-8,12-13,15-16,27-28H,2-3,9-11,14,17-25H2,1H3/t27-,28?/m0/s1. The van der Waals surface area contributed by atoms with Gasteiger partial charge in [-0.1, -0.05) is 55.3 Å². The van der Waals surface area contributed by atoms with E-state index in [4.69, 9.17) is 14.2 Å². The average Bonchev–Trinajstić information content (AvgIpc) is 3.49. The minimum absolute atomic E-state index is 0.0381. The summed E-state index contributed by atoms with van der Waals surface area (Å²) in [4.78, 5) is 31.2. The zero-order valence-corrected chi connectivity index (χ0v) is 23.4. The maximum Gasteiger partial charge on any atom is 0.257 e. The molecule has 1 unspecified atom stereocenters. The Hall–Kier alpha value is -2.90. The number of carbonyl (C=O) groups is 2. The van der Waals surface area contributed by atoms with E-state index in [9.17, 15) is 9.59 Å². The van der Waals surface area contributed by atoms with Gasteiger partial charge in [0.15, 0.2) is 0 Å². The first-order valence-corrected chi connectivity index (χ1v) is 14.6. The van der Waals surface area contributed by atoms with Gasteiger partial charge < -0.3 is 24.0 Å². The van der Waals surface area contributed by atoms with Crippen LogP contribution in [0.2, 0.25) is 0 Å². The Morgan fingerprint density at radius 3 is 2.51 bits per heavy atom. The van der Waals surface area contributed by atoms with Gasteiger partial charge in [0.1, 0.15) is 12.4 Å². The van der Waals surface area contributed by atoms with Crippen LogP contribution in [0, 0.1) is 0 Å². The maximum absolute atomic E-state index is 13.7. The Kier molecular flexibility index (Phi) is 11.7. The lowest BCUT2D eigenvalue weighted by atomic mass is 10.0. The van der Waals surface area contributed by atoms with Gasteiger partial charge in [-0.3, -0.25) is 9.59 Å². The van der Waals surface area contributed by atoms with Crippen LogP contribution in [0.1, 0.15) is 67.3 Å². The summed E-state index contributed by atoms with van der Waals surface area (Å²) in [6, 6.07) is 17.6. The van der Waals surface area contributed by atoms with Gasteiger partial charge in [0.2, 0.25) is 5.91 Å². The summed E-state index contributed by atoms with van der Waals surface area (Å²) in [6.07, 6.45) is 8.12. The summed E-state index contributed by atoms with van der Waals surface area (Å²) in [5.41, 5.74) is 1.72. The van der Waals surface area contributed by atoms with Gasteiger partial charge in [0.25, 0.3) is 5.91 Å². The molecule has 4 rings (SSSR count). The first-order valence-electron chi connectivity index (χ1n) is 14.6. The molecular weight excluding hydrogens is 492 g/mol. The van der Waals surface area contributed by atoms with E-state index in [0.29, 0.717) is 57.0 Å². The predicted molar refractivity (Wildman–Crippen MR) is 152 cm³/mol. The molecule has 2 amide bonds. The van der Waals surface area contributed by atoms with Crippen LogP contribution in [0.25, 0.3) is 0 Å². The number of hydrogen-bond donors (Lipinski definition) is 0. The van der Waals surface area contributed by atoms with Crippen LogP contribution in [0.5, 0.6) is 5.75 Å². The number of ether oxygens (including phenoxy) is 3. The Bertz CT molecular complexity index is 1020. The summed E-state index contributed by atoms with van der Waals surface area (Å²) in [6.45, 7) is 3.55.